The van der Waals surface area contributed by atoms with E-state index in [1.807, 2.05) is 13.8 Å². The first-order chi connectivity index (χ1) is 15.5. The number of pyridine rings is 1. The Morgan fingerprint density at radius 1 is 1.24 bits per heavy atom. The molecule has 3 heterocycles. The summed E-state index contributed by atoms with van der Waals surface area (Å²) in [6.07, 6.45) is -0.219. The van der Waals surface area contributed by atoms with E-state index < -0.39 is 47.0 Å². The van der Waals surface area contributed by atoms with Crippen LogP contribution in [0.3, 0.4) is 0 Å². The predicted molar refractivity (Wildman–Crippen MR) is 117 cm³/mol. The van der Waals surface area contributed by atoms with Gasteiger partial charge in [0, 0.05) is 23.2 Å². The number of aromatic nitrogens is 4. The Bertz CT molecular complexity index is 1260. The number of carbonyl (C=O) groups is 2. The van der Waals surface area contributed by atoms with Crippen molar-refractivity contribution in [3.05, 3.63) is 52.2 Å². The maximum absolute atomic E-state index is 13.6. The van der Waals surface area contributed by atoms with Crippen LogP contribution in [-0.2, 0) is 14.9 Å². The largest absolute Gasteiger partial charge is 0.458 e. The molecule has 1 unspecified atom stereocenters. The highest BCUT2D eigenvalue weighted by molar-refractivity contribution is 6.29. The van der Waals surface area contributed by atoms with Crippen LogP contribution in [0.25, 0.3) is 5.65 Å². The molecular weight excluding hydrogens is 456 g/mol. The first kappa shape index (κ1) is 23.0. The number of hydrogen-bond acceptors (Lipinski definition) is 6. The van der Waals surface area contributed by atoms with E-state index in [4.69, 9.17) is 16.3 Å². The summed E-state index contributed by atoms with van der Waals surface area (Å²) in [5, 5.41) is 7.23. The van der Waals surface area contributed by atoms with Crippen LogP contribution in [-0.4, -0.2) is 37.6 Å². The van der Waals surface area contributed by atoms with Gasteiger partial charge in [0.2, 0.25) is 5.91 Å². The second-order valence-corrected chi connectivity index (χ2v) is 9.23. The summed E-state index contributed by atoms with van der Waals surface area (Å²) < 4.78 is 33.8. The van der Waals surface area contributed by atoms with Gasteiger partial charge in [-0.1, -0.05) is 25.4 Å². The number of fused-ring (bicyclic) bond motifs is 3. The van der Waals surface area contributed by atoms with Crippen molar-refractivity contribution in [2.24, 2.45) is 0 Å². The van der Waals surface area contributed by atoms with Crippen molar-refractivity contribution >= 4 is 34.8 Å². The number of hydrogen-bond donors (Lipinski definition) is 1. The molecule has 0 saturated heterocycles. The number of carbonyl (C=O) groups excluding carboxylic acids is 2. The van der Waals surface area contributed by atoms with Gasteiger partial charge < -0.3 is 10.1 Å². The fourth-order valence-electron chi connectivity index (χ4n) is 4.19. The molecule has 33 heavy (non-hydrogen) atoms. The average Bonchev–Trinajstić information content (AvgIpc) is 3.23. The molecule has 0 radical (unpaired) electrons. The van der Waals surface area contributed by atoms with E-state index in [0.29, 0.717) is 22.8 Å². The van der Waals surface area contributed by atoms with Gasteiger partial charge >= 0.3 is 5.97 Å². The zero-order valence-electron chi connectivity index (χ0n) is 18.4. The van der Waals surface area contributed by atoms with Crippen LogP contribution in [0, 0.1) is 0 Å². The molecule has 0 saturated carbocycles. The van der Waals surface area contributed by atoms with Gasteiger partial charge in [0.15, 0.2) is 16.5 Å². The van der Waals surface area contributed by atoms with Crippen LogP contribution in [0.2, 0.25) is 5.15 Å². The number of ether oxygens (including phenoxy) is 1. The minimum absolute atomic E-state index is 0.0545. The van der Waals surface area contributed by atoms with Crippen molar-refractivity contribution in [1.29, 1.82) is 0 Å². The Labute approximate surface area is 193 Å². The van der Waals surface area contributed by atoms with Crippen LogP contribution >= 0.6 is 11.6 Å². The molecule has 1 aliphatic rings. The van der Waals surface area contributed by atoms with E-state index in [1.54, 1.807) is 30.6 Å². The molecule has 0 fully saturated rings. The Morgan fingerprint density at radius 2 is 1.97 bits per heavy atom. The van der Waals surface area contributed by atoms with Crippen molar-refractivity contribution in [3.63, 3.8) is 0 Å². The standard InChI is InChI=1S/C22H22ClF2N5O3/c1-10(2)33-21(32)17-12(19(24)25)5-11(8-27-17)28-20(31)13-7-22(3,4)18-14(13)9-26-16-6-15(23)29-30(16)18/h5-6,8-10,13,19H,7H2,1-4H3,(H,28,31). The van der Waals surface area contributed by atoms with E-state index in [1.165, 1.54) is 0 Å². The molecule has 11 heteroatoms. The monoisotopic (exact) mass is 477 g/mol. The van der Waals surface area contributed by atoms with E-state index in [-0.39, 0.29) is 5.69 Å². The number of nitrogens with zero attached hydrogens (tertiary/aromatic N) is 4. The molecule has 4 rings (SSSR count). The summed E-state index contributed by atoms with van der Waals surface area (Å²) in [5.41, 5.74) is 0.624. The molecule has 8 nitrogen and oxygen atoms in total. The van der Waals surface area contributed by atoms with Crippen molar-refractivity contribution in [3.8, 4) is 0 Å². The molecule has 1 aliphatic carbocycles. The zero-order valence-corrected chi connectivity index (χ0v) is 19.2. The van der Waals surface area contributed by atoms with Gasteiger partial charge in [-0.15, -0.1) is 0 Å². The smallest absolute Gasteiger partial charge is 0.357 e. The third-order valence-electron chi connectivity index (χ3n) is 5.49. The summed E-state index contributed by atoms with van der Waals surface area (Å²) in [4.78, 5) is 33.4. The highest BCUT2D eigenvalue weighted by Crippen LogP contribution is 2.46. The molecule has 0 aliphatic heterocycles. The summed E-state index contributed by atoms with van der Waals surface area (Å²) >= 11 is 6.03. The van der Waals surface area contributed by atoms with E-state index in [0.717, 1.165) is 18.0 Å². The second kappa shape index (κ2) is 8.33. The van der Waals surface area contributed by atoms with Gasteiger partial charge in [0.25, 0.3) is 6.43 Å². The van der Waals surface area contributed by atoms with E-state index in [9.17, 15) is 18.4 Å². The lowest BCUT2D eigenvalue weighted by molar-refractivity contribution is -0.117. The van der Waals surface area contributed by atoms with Crippen molar-refractivity contribution in [2.45, 2.75) is 58.0 Å². The average molecular weight is 478 g/mol. The molecule has 1 atom stereocenters. The quantitative estimate of drug-likeness (QED) is 0.535. The molecule has 0 bridgehead atoms. The topological polar surface area (TPSA) is 98.5 Å². The Morgan fingerprint density at radius 3 is 2.64 bits per heavy atom. The number of halogens is 3. The summed E-state index contributed by atoms with van der Waals surface area (Å²) in [5.74, 6) is -1.94. The van der Waals surface area contributed by atoms with Crippen LogP contribution in [0.15, 0.2) is 24.5 Å². The Balaban J connectivity index is 1.64. The predicted octanol–water partition coefficient (Wildman–Crippen LogP) is 4.68. The van der Waals surface area contributed by atoms with Crippen molar-refractivity contribution < 1.29 is 23.1 Å². The SMILES string of the molecule is CC(C)OC(=O)c1ncc(NC(=O)C2CC(C)(C)c3c2cnc2cc(Cl)nn32)cc1C(F)F. The molecule has 174 valence electrons. The van der Waals surface area contributed by atoms with Crippen molar-refractivity contribution in [2.75, 3.05) is 5.32 Å². The molecular formula is C22H22ClF2N5O3. The van der Waals surface area contributed by atoms with Gasteiger partial charge in [-0.2, -0.15) is 5.10 Å². The van der Waals surface area contributed by atoms with Gasteiger partial charge in [0.1, 0.15) is 0 Å². The summed E-state index contributed by atoms with van der Waals surface area (Å²) in [6, 6.07) is 2.68. The number of anilines is 1. The minimum Gasteiger partial charge on any atom is -0.458 e. The van der Waals surface area contributed by atoms with Crippen molar-refractivity contribution in [1.82, 2.24) is 19.6 Å². The number of alkyl halides is 2. The van der Waals surface area contributed by atoms with Crippen LogP contribution in [0.5, 0.6) is 0 Å². The lowest BCUT2D eigenvalue weighted by atomic mass is 9.88. The summed E-state index contributed by atoms with van der Waals surface area (Å²) in [7, 11) is 0. The fourth-order valence-corrected chi connectivity index (χ4v) is 4.36. The van der Waals surface area contributed by atoms with Gasteiger partial charge in [-0.05, 0) is 26.3 Å². The Hall–Kier alpha value is -3.14. The normalized spacial score (nSPS) is 16.9. The summed E-state index contributed by atoms with van der Waals surface area (Å²) in [6.45, 7) is 7.18. The number of nitrogens with one attached hydrogen (secondary N) is 1. The molecule has 3 aromatic heterocycles. The van der Waals surface area contributed by atoms with Gasteiger partial charge in [0.05, 0.1) is 35.2 Å². The Kier molecular flexibility index (Phi) is 5.81. The molecule has 1 N–H and O–H groups in total. The molecule has 1 amide bonds. The maximum Gasteiger partial charge on any atom is 0.357 e. The molecule has 3 aromatic rings. The van der Waals surface area contributed by atoms with Gasteiger partial charge in [-0.25, -0.2) is 28.1 Å². The third-order valence-corrected chi connectivity index (χ3v) is 5.67. The zero-order chi connectivity index (χ0) is 24.1. The second-order valence-electron chi connectivity index (χ2n) is 8.85. The van der Waals surface area contributed by atoms with E-state index >= 15 is 0 Å². The van der Waals surface area contributed by atoms with Gasteiger partial charge in [-0.3, -0.25) is 4.79 Å². The fraction of sp³-hybridized carbons (Fsp3) is 0.409. The van der Waals surface area contributed by atoms with Crippen LogP contribution < -0.4 is 5.32 Å². The lowest BCUT2D eigenvalue weighted by Gasteiger charge is -2.19. The number of rotatable bonds is 5. The minimum atomic E-state index is -2.97. The maximum atomic E-state index is 13.6. The highest BCUT2D eigenvalue weighted by atomic mass is 35.5. The lowest BCUT2D eigenvalue weighted by Crippen LogP contribution is -2.22. The first-order valence-electron chi connectivity index (χ1n) is 10.3. The van der Waals surface area contributed by atoms with Crippen LogP contribution in [0.4, 0.5) is 14.5 Å². The van der Waals surface area contributed by atoms with E-state index in [2.05, 4.69) is 20.4 Å². The molecule has 0 spiro atoms. The third kappa shape index (κ3) is 4.27. The first-order valence-corrected chi connectivity index (χ1v) is 10.7. The van der Waals surface area contributed by atoms with Crippen LogP contribution in [0.1, 0.15) is 73.8 Å². The highest BCUT2D eigenvalue weighted by Gasteiger charge is 2.43. The molecule has 0 aromatic carbocycles. The number of amides is 1. The number of esters is 1.